The van der Waals surface area contributed by atoms with Crippen LogP contribution in [0, 0.1) is 0 Å². The van der Waals surface area contributed by atoms with E-state index in [1.807, 2.05) is 20.8 Å². The van der Waals surface area contributed by atoms with Gasteiger partial charge in [-0.1, -0.05) is 18.3 Å². The van der Waals surface area contributed by atoms with E-state index in [1.165, 1.54) is 0 Å². The van der Waals surface area contributed by atoms with Crippen molar-refractivity contribution in [3.63, 3.8) is 0 Å². The average molecular weight is 285 g/mol. The lowest BCUT2D eigenvalue weighted by molar-refractivity contribution is -0.137. The van der Waals surface area contributed by atoms with Crippen LogP contribution in [0.15, 0.2) is 0 Å². The fourth-order valence-corrected chi connectivity index (χ4v) is 2.38. The summed E-state index contributed by atoms with van der Waals surface area (Å²) in [6, 6.07) is -0.0611. The maximum atomic E-state index is 12.0. The van der Waals surface area contributed by atoms with E-state index < -0.39 is 5.97 Å². The van der Waals surface area contributed by atoms with Crippen LogP contribution in [0.1, 0.15) is 61.3 Å². The molecule has 0 fully saturated rings. The van der Waals surface area contributed by atoms with Gasteiger partial charge in [-0.25, -0.2) is 0 Å². The fraction of sp³-hybridized carbons (Fsp3) is 0.667. The lowest BCUT2D eigenvalue weighted by Gasteiger charge is -2.13. The third-order valence-corrected chi connectivity index (χ3v) is 3.41. The zero-order valence-corrected chi connectivity index (χ0v) is 12.2. The van der Waals surface area contributed by atoms with E-state index in [-0.39, 0.29) is 24.3 Å². The van der Waals surface area contributed by atoms with Crippen LogP contribution in [0.25, 0.3) is 0 Å². The van der Waals surface area contributed by atoms with Gasteiger partial charge in [0.25, 0.3) is 5.91 Å². The van der Waals surface area contributed by atoms with Crippen LogP contribution >= 0.6 is 11.5 Å². The second-order valence-electron chi connectivity index (χ2n) is 4.80. The van der Waals surface area contributed by atoms with Crippen molar-refractivity contribution in [1.82, 2.24) is 14.9 Å². The molecule has 1 aromatic rings. The van der Waals surface area contributed by atoms with Crippen LogP contribution in [0.2, 0.25) is 0 Å². The highest BCUT2D eigenvalue weighted by atomic mass is 32.1. The van der Waals surface area contributed by atoms with E-state index in [0.717, 1.165) is 11.5 Å². The molecule has 19 heavy (non-hydrogen) atoms. The van der Waals surface area contributed by atoms with Crippen LogP contribution in [-0.4, -0.2) is 32.6 Å². The van der Waals surface area contributed by atoms with Crippen molar-refractivity contribution in [2.45, 2.75) is 52.0 Å². The van der Waals surface area contributed by atoms with Crippen molar-refractivity contribution in [2.75, 3.05) is 0 Å². The summed E-state index contributed by atoms with van der Waals surface area (Å²) in [4.78, 5) is 23.0. The van der Waals surface area contributed by atoms with Crippen molar-refractivity contribution in [2.24, 2.45) is 0 Å². The summed E-state index contributed by atoms with van der Waals surface area (Å²) in [6.07, 6.45) is 1.32. The van der Waals surface area contributed by atoms with Gasteiger partial charge in [0.15, 0.2) is 0 Å². The molecule has 0 aliphatic carbocycles. The molecule has 1 amide bonds. The Hall–Kier alpha value is -1.50. The maximum Gasteiger partial charge on any atom is 0.303 e. The molecule has 1 aromatic heterocycles. The molecule has 0 aliphatic rings. The summed E-state index contributed by atoms with van der Waals surface area (Å²) in [5, 5.41) is 15.4. The molecule has 2 N–H and O–H groups in total. The topological polar surface area (TPSA) is 92.2 Å². The SMILES string of the molecule is CC(CCCC(=O)O)NC(=O)c1snnc1C(C)C. The van der Waals surface area contributed by atoms with Crippen LogP contribution in [0.5, 0.6) is 0 Å². The van der Waals surface area contributed by atoms with Crippen LogP contribution in [0.3, 0.4) is 0 Å². The van der Waals surface area contributed by atoms with Crippen LogP contribution in [-0.2, 0) is 4.79 Å². The molecule has 0 aromatic carbocycles. The minimum absolute atomic E-state index is 0.0611. The van der Waals surface area contributed by atoms with Crippen molar-refractivity contribution < 1.29 is 14.7 Å². The number of amides is 1. The first kappa shape index (κ1) is 15.6. The van der Waals surface area contributed by atoms with Crippen LogP contribution in [0.4, 0.5) is 0 Å². The Bertz CT molecular complexity index is 445. The molecule has 1 unspecified atom stereocenters. The highest BCUT2D eigenvalue weighted by Gasteiger charge is 2.19. The standard InChI is InChI=1S/C12H19N3O3S/c1-7(2)10-11(19-15-14-10)12(18)13-8(3)5-4-6-9(16)17/h7-8H,4-6H2,1-3H3,(H,13,18)(H,16,17). The van der Waals surface area contributed by atoms with Gasteiger partial charge in [-0.3, -0.25) is 9.59 Å². The zero-order chi connectivity index (χ0) is 14.4. The van der Waals surface area contributed by atoms with Gasteiger partial charge in [0, 0.05) is 12.5 Å². The monoisotopic (exact) mass is 285 g/mol. The van der Waals surface area contributed by atoms with Crippen molar-refractivity contribution in [3.8, 4) is 0 Å². The second kappa shape index (κ2) is 7.18. The Labute approximate surface area is 116 Å². The zero-order valence-electron chi connectivity index (χ0n) is 11.3. The molecule has 106 valence electrons. The predicted molar refractivity (Wildman–Crippen MR) is 72.4 cm³/mol. The molecular weight excluding hydrogens is 266 g/mol. The lowest BCUT2D eigenvalue weighted by atomic mass is 10.1. The number of hydrogen-bond acceptors (Lipinski definition) is 5. The number of hydrogen-bond donors (Lipinski definition) is 2. The maximum absolute atomic E-state index is 12.0. The molecule has 0 radical (unpaired) electrons. The molecule has 0 aliphatic heterocycles. The third kappa shape index (κ3) is 4.94. The van der Waals surface area contributed by atoms with Crippen molar-refractivity contribution in [3.05, 3.63) is 10.6 Å². The molecule has 1 atom stereocenters. The van der Waals surface area contributed by atoms with Gasteiger partial charge in [0.05, 0.1) is 5.69 Å². The lowest BCUT2D eigenvalue weighted by Crippen LogP contribution is -2.32. The van der Waals surface area contributed by atoms with Crippen molar-refractivity contribution >= 4 is 23.4 Å². The van der Waals surface area contributed by atoms with E-state index in [2.05, 4.69) is 14.9 Å². The number of carboxylic acids is 1. The number of rotatable bonds is 7. The molecule has 7 heteroatoms. The minimum atomic E-state index is -0.813. The quantitative estimate of drug-likeness (QED) is 0.799. The van der Waals surface area contributed by atoms with E-state index in [9.17, 15) is 9.59 Å². The molecule has 0 spiro atoms. The Morgan fingerprint density at radius 3 is 2.63 bits per heavy atom. The number of aliphatic carboxylic acids is 1. The molecular formula is C12H19N3O3S. The van der Waals surface area contributed by atoms with Gasteiger partial charge >= 0.3 is 5.97 Å². The summed E-state index contributed by atoms with van der Waals surface area (Å²) in [5.74, 6) is -0.837. The van der Waals surface area contributed by atoms with E-state index in [4.69, 9.17) is 5.11 Å². The Morgan fingerprint density at radius 1 is 1.37 bits per heavy atom. The van der Waals surface area contributed by atoms with Gasteiger partial charge in [-0.15, -0.1) is 5.10 Å². The Morgan fingerprint density at radius 2 is 2.05 bits per heavy atom. The van der Waals surface area contributed by atoms with Gasteiger partial charge in [0.2, 0.25) is 0 Å². The first-order valence-corrected chi connectivity index (χ1v) is 7.04. The normalized spacial score (nSPS) is 12.4. The smallest absolute Gasteiger partial charge is 0.303 e. The Balaban J connectivity index is 2.50. The highest BCUT2D eigenvalue weighted by molar-refractivity contribution is 7.08. The average Bonchev–Trinajstić information content (AvgIpc) is 2.77. The highest BCUT2D eigenvalue weighted by Crippen LogP contribution is 2.19. The number of carbonyl (C=O) groups is 2. The Kier molecular flexibility index (Phi) is 5.88. The number of nitrogens with zero attached hydrogens (tertiary/aromatic N) is 2. The fourth-order valence-electron chi connectivity index (χ4n) is 1.65. The van der Waals surface area contributed by atoms with Gasteiger partial charge in [-0.05, 0) is 37.2 Å². The van der Waals surface area contributed by atoms with Gasteiger partial charge in [0.1, 0.15) is 4.88 Å². The number of aromatic nitrogens is 2. The molecule has 1 rings (SSSR count). The first-order valence-electron chi connectivity index (χ1n) is 6.26. The summed E-state index contributed by atoms with van der Waals surface area (Å²) in [5.41, 5.74) is 0.709. The number of carboxylic acid groups (broad SMARTS) is 1. The molecule has 0 saturated heterocycles. The number of nitrogens with one attached hydrogen (secondary N) is 1. The molecule has 6 nitrogen and oxygen atoms in total. The minimum Gasteiger partial charge on any atom is -0.481 e. The van der Waals surface area contributed by atoms with E-state index in [0.29, 0.717) is 23.4 Å². The summed E-state index contributed by atoms with van der Waals surface area (Å²) in [7, 11) is 0. The molecule has 1 heterocycles. The first-order chi connectivity index (χ1) is 8.91. The predicted octanol–water partition coefficient (Wildman–Crippen LogP) is 2.03. The van der Waals surface area contributed by atoms with Gasteiger partial charge < -0.3 is 10.4 Å². The van der Waals surface area contributed by atoms with E-state index in [1.54, 1.807) is 0 Å². The second-order valence-corrected chi connectivity index (χ2v) is 5.56. The van der Waals surface area contributed by atoms with Crippen molar-refractivity contribution in [1.29, 1.82) is 0 Å². The van der Waals surface area contributed by atoms with Crippen LogP contribution < -0.4 is 5.32 Å². The molecule has 0 bridgehead atoms. The van der Waals surface area contributed by atoms with E-state index >= 15 is 0 Å². The third-order valence-electron chi connectivity index (χ3n) is 2.67. The largest absolute Gasteiger partial charge is 0.481 e. The number of carbonyl (C=O) groups excluding carboxylic acids is 1. The van der Waals surface area contributed by atoms with Gasteiger partial charge in [-0.2, -0.15) is 0 Å². The summed E-state index contributed by atoms with van der Waals surface area (Å²) >= 11 is 1.09. The summed E-state index contributed by atoms with van der Waals surface area (Å²) in [6.45, 7) is 5.79. The summed E-state index contributed by atoms with van der Waals surface area (Å²) < 4.78 is 3.81. The molecule has 0 saturated carbocycles.